The third-order valence-corrected chi connectivity index (χ3v) is 1.65. The molecule has 3 N–H and O–H groups in total. The third-order valence-electron chi connectivity index (χ3n) is 1.42. The van der Waals surface area contributed by atoms with Gasteiger partial charge in [0.1, 0.15) is 0 Å². The van der Waals surface area contributed by atoms with Crippen LogP contribution >= 0.6 is 11.6 Å². The van der Waals surface area contributed by atoms with Gasteiger partial charge in [-0.3, -0.25) is 5.43 Å². The zero-order valence-corrected chi connectivity index (χ0v) is 6.78. The number of fused-ring (bicyclic) bond motifs is 1. The van der Waals surface area contributed by atoms with Crippen LogP contribution in [0.2, 0.25) is 5.02 Å². The predicted molar refractivity (Wildman–Crippen MR) is 45.8 cm³/mol. The fourth-order valence-electron chi connectivity index (χ4n) is 0.919. The molecule has 0 amide bonds. The molecule has 6 heteroatoms. The highest BCUT2D eigenvalue weighted by molar-refractivity contribution is 6.30. The highest BCUT2D eigenvalue weighted by Gasteiger charge is 2.00. The van der Waals surface area contributed by atoms with E-state index in [1.165, 1.54) is 0 Å². The van der Waals surface area contributed by atoms with Crippen molar-refractivity contribution in [1.29, 1.82) is 0 Å². The standard InChI is InChI=1S/C6H6ClN5/c7-4-1-2-5-9-6(10-8)11-12(5)3-4/h1-3H,8H2,(H,10,11). The van der Waals surface area contributed by atoms with Gasteiger partial charge in [-0.1, -0.05) is 11.6 Å². The molecule has 0 radical (unpaired) electrons. The van der Waals surface area contributed by atoms with Crippen LogP contribution in [-0.4, -0.2) is 14.6 Å². The Labute approximate surface area is 73.1 Å². The molecule has 0 spiro atoms. The van der Waals surface area contributed by atoms with E-state index in [9.17, 15) is 0 Å². The van der Waals surface area contributed by atoms with Crippen molar-refractivity contribution in [2.45, 2.75) is 0 Å². The number of nitrogens with one attached hydrogen (secondary N) is 1. The summed E-state index contributed by atoms with van der Waals surface area (Å²) < 4.78 is 1.55. The van der Waals surface area contributed by atoms with E-state index in [4.69, 9.17) is 17.4 Å². The first-order chi connectivity index (χ1) is 5.79. The number of nitrogens with zero attached hydrogens (tertiary/aromatic N) is 3. The van der Waals surface area contributed by atoms with Crippen molar-refractivity contribution in [2.75, 3.05) is 5.43 Å². The summed E-state index contributed by atoms with van der Waals surface area (Å²) in [6, 6.07) is 3.50. The molecule has 2 heterocycles. The molecule has 0 saturated carbocycles. The van der Waals surface area contributed by atoms with Crippen LogP contribution in [0.5, 0.6) is 0 Å². The van der Waals surface area contributed by atoms with Crippen molar-refractivity contribution < 1.29 is 0 Å². The second kappa shape index (κ2) is 2.62. The number of hydrazine groups is 1. The molecule has 0 fully saturated rings. The molecular formula is C6H6ClN5. The van der Waals surface area contributed by atoms with Crippen molar-refractivity contribution in [3.63, 3.8) is 0 Å². The molecule has 2 aromatic heterocycles. The Morgan fingerprint density at radius 2 is 2.33 bits per heavy atom. The number of aromatic nitrogens is 3. The van der Waals surface area contributed by atoms with E-state index < -0.39 is 0 Å². The van der Waals surface area contributed by atoms with Gasteiger partial charge in [0, 0.05) is 6.20 Å². The van der Waals surface area contributed by atoms with Gasteiger partial charge >= 0.3 is 0 Å². The molecule has 0 atom stereocenters. The second-order valence-corrected chi connectivity index (χ2v) is 2.67. The molecule has 5 nitrogen and oxygen atoms in total. The van der Waals surface area contributed by atoms with Crippen LogP contribution in [0.4, 0.5) is 5.95 Å². The van der Waals surface area contributed by atoms with Gasteiger partial charge < -0.3 is 0 Å². The van der Waals surface area contributed by atoms with Gasteiger partial charge in [-0.25, -0.2) is 10.4 Å². The fraction of sp³-hybridized carbons (Fsp3) is 0. The molecular weight excluding hydrogens is 178 g/mol. The maximum Gasteiger partial charge on any atom is 0.257 e. The van der Waals surface area contributed by atoms with Gasteiger partial charge in [0.25, 0.3) is 5.95 Å². The Morgan fingerprint density at radius 1 is 1.50 bits per heavy atom. The van der Waals surface area contributed by atoms with Crippen LogP contribution in [0.15, 0.2) is 18.3 Å². The summed E-state index contributed by atoms with van der Waals surface area (Å²) in [5.74, 6) is 5.50. The van der Waals surface area contributed by atoms with Crippen molar-refractivity contribution in [3.8, 4) is 0 Å². The Morgan fingerprint density at radius 3 is 3.08 bits per heavy atom. The number of anilines is 1. The highest BCUT2D eigenvalue weighted by atomic mass is 35.5. The number of halogens is 1. The van der Waals surface area contributed by atoms with E-state index in [2.05, 4.69) is 15.5 Å². The SMILES string of the molecule is NNc1nc2ccc(Cl)cn2n1. The Balaban J connectivity index is 2.67. The third kappa shape index (κ3) is 1.09. The van der Waals surface area contributed by atoms with Gasteiger partial charge in [-0.05, 0) is 12.1 Å². The lowest BCUT2D eigenvalue weighted by Crippen LogP contribution is -2.08. The van der Waals surface area contributed by atoms with E-state index >= 15 is 0 Å². The number of nitrogens with two attached hydrogens (primary N) is 1. The summed E-state index contributed by atoms with van der Waals surface area (Å²) in [5.41, 5.74) is 3.05. The average molecular weight is 184 g/mol. The number of pyridine rings is 1. The monoisotopic (exact) mass is 183 g/mol. The second-order valence-electron chi connectivity index (χ2n) is 2.23. The first kappa shape index (κ1) is 7.33. The maximum atomic E-state index is 5.73. The zero-order valence-electron chi connectivity index (χ0n) is 6.03. The smallest absolute Gasteiger partial charge is 0.257 e. The molecule has 0 bridgehead atoms. The number of nitrogen functional groups attached to an aromatic ring is 1. The lowest BCUT2D eigenvalue weighted by Gasteiger charge is -1.89. The van der Waals surface area contributed by atoms with Crippen LogP contribution in [0.25, 0.3) is 5.65 Å². The summed E-state index contributed by atoms with van der Waals surface area (Å²) in [6.07, 6.45) is 1.66. The van der Waals surface area contributed by atoms with Gasteiger partial charge in [0.2, 0.25) is 0 Å². The molecule has 12 heavy (non-hydrogen) atoms. The van der Waals surface area contributed by atoms with E-state index in [-0.39, 0.29) is 0 Å². The lowest BCUT2D eigenvalue weighted by molar-refractivity contribution is 0.958. The zero-order chi connectivity index (χ0) is 8.55. The van der Waals surface area contributed by atoms with Crippen LogP contribution in [0.3, 0.4) is 0 Å². The maximum absolute atomic E-state index is 5.73. The molecule has 2 aromatic rings. The Kier molecular flexibility index (Phi) is 1.60. The van der Waals surface area contributed by atoms with Gasteiger partial charge in [-0.2, -0.15) is 4.98 Å². The van der Waals surface area contributed by atoms with Crippen LogP contribution in [-0.2, 0) is 0 Å². The molecule has 0 aliphatic rings. The molecule has 0 aromatic carbocycles. The lowest BCUT2D eigenvalue weighted by atomic mass is 10.5. The quantitative estimate of drug-likeness (QED) is 0.504. The summed E-state index contributed by atoms with van der Waals surface area (Å²) in [5, 5.41) is 4.58. The van der Waals surface area contributed by atoms with E-state index in [1.54, 1.807) is 22.8 Å². The number of hydrogen-bond donors (Lipinski definition) is 2. The predicted octanol–water partition coefficient (Wildman–Crippen LogP) is 0.668. The van der Waals surface area contributed by atoms with E-state index in [0.717, 1.165) is 0 Å². The van der Waals surface area contributed by atoms with Crippen molar-refractivity contribution in [2.24, 2.45) is 5.84 Å². The minimum atomic E-state index is 0.372. The van der Waals surface area contributed by atoms with E-state index in [0.29, 0.717) is 16.6 Å². The molecule has 0 unspecified atom stereocenters. The first-order valence-electron chi connectivity index (χ1n) is 3.28. The topological polar surface area (TPSA) is 68.2 Å². The molecule has 0 saturated heterocycles. The van der Waals surface area contributed by atoms with E-state index in [1.807, 2.05) is 0 Å². The van der Waals surface area contributed by atoms with Crippen LogP contribution in [0.1, 0.15) is 0 Å². The van der Waals surface area contributed by atoms with Gasteiger partial charge in [0.15, 0.2) is 5.65 Å². The number of hydrogen-bond acceptors (Lipinski definition) is 4. The van der Waals surface area contributed by atoms with Crippen molar-refractivity contribution >= 4 is 23.2 Å². The minimum Gasteiger partial charge on any atom is -0.291 e. The molecule has 2 rings (SSSR count). The molecule has 0 aliphatic heterocycles. The van der Waals surface area contributed by atoms with Gasteiger partial charge in [0.05, 0.1) is 5.02 Å². The first-order valence-corrected chi connectivity index (χ1v) is 3.66. The fourth-order valence-corrected chi connectivity index (χ4v) is 1.07. The largest absolute Gasteiger partial charge is 0.291 e. The average Bonchev–Trinajstić information content (AvgIpc) is 2.46. The van der Waals surface area contributed by atoms with Crippen molar-refractivity contribution in [1.82, 2.24) is 14.6 Å². The summed E-state index contributed by atoms with van der Waals surface area (Å²) in [6.45, 7) is 0. The Hall–Kier alpha value is -1.33. The summed E-state index contributed by atoms with van der Waals surface area (Å²) in [4.78, 5) is 4.03. The summed E-state index contributed by atoms with van der Waals surface area (Å²) in [7, 11) is 0. The molecule has 62 valence electrons. The normalized spacial score (nSPS) is 10.5. The number of rotatable bonds is 1. The Bertz CT molecular complexity index is 409. The van der Waals surface area contributed by atoms with Gasteiger partial charge in [-0.15, -0.1) is 5.10 Å². The minimum absolute atomic E-state index is 0.372. The summed E-state index contributed by atoms with van der Waals surface area (Å²) >= 11 is 5.73. The van der Waals surface area contributed by atoms with Crippen molar-refractivity contribution in [3.05, 3.63) is 23.4 Å². The molecule has 0 aliphatic carbocycles. The van der Waals surface area contributed by atoms with Crippen LogP contribution in [0, 0.1) is 0 Å². The highest BCUT2D eigenvalue weighted by Crippen LogP contribution is 2.10. The van der Waals surface area contributed by atoms with Crippen LogP contribution < -0.4 is 11.3 Å².